The third-order valence-electron chi connectivity index (χ3n) is 1.09. The fraction of sp³-hybridized carbons (Fsp3) is 0.333. The van der Waals surface area contributed by atoms with E-state index in [1.807, 2.05) is 0 Å². The number of carbonyl (C=O) groups excluding carboxylic acids is 1. The van der Waals surface area contributed by atoms with Crippen molar-refractivity contribution in [2.45, 2.75) is 0 Å². The summed E-state index contributed by atoms with van der Waals surface area (Å²) in [7, 11) is 1.50. The van der Waals surface area contributed by atoms with E-state index in [4.69, 9.17) is 4.74 Å². The van der Waals surface area contributed by atoms with Gasteiger partial charge in [0, 0.05) is 7.05 Å². The van der Waals surface area contributed by atoms with Gasteiger partial charge in [0.05, 0.1) is 12.9 Å². The lowest BCUT2D eigenvalue weighted by molar-refractivity contribution is 0.174. The van der Waals surface area contributed by atoms with E-state index in [0.29, 0.717) is 12.4 Å². The van der Waals surface area contributed by atoms with E-state index >= 15 is 0 Å². The quantitative estimate of drug-likeness (QED) is 0.552. The molecule has 0 saturated heterocycles. The van der Waals surface area contributed by atoms with Crippen molar-refractivity contribution in [3.63, 3.8) is 0 Å². The normalized spacial score (nSPS) is 14.8. The molecule has 5 heteroatoms. The first-order valence-corrected chi connectivity index (χ1v) is 3.17. The van der Waals surface area contributed by atoms with Crippen LogP contribution in [0.5, 0.6) is 0 Å². The van der Waals surface area contributed by atoms with E-state index in [0.717, 1.165) is 0 Å². The Morgan fingerprint density at radius 3 is 3.27 bits per heavy atom. The van der Waals surface area contributed by atoms with E-state index in [-0.39, 0.29) is 0 Å². The summed E-state index contributed by atoms with van der Waals surface area (Å²) in [5.74, 6) is 0.416. The summed E-state index contributed by atoms with van der Waals surface area (Å²) in [5, 5.41) is 5.00. The van der Waals surface area contributed by atoms with Gasteiger partial charge in [0.15, 0.2) is 0 Å². The van der Waals surface area contributed by atoms with Crippen molar-refractivity contribution in [3.05, 3.63) is 12.0 Å². The number of hydrogen-bond donors (Lipinski definition) is 2. The van der Waals surface area contributed by atoms with Crippen LogP contribution in [0.25, 0.3) is 0 Å². The van der Waals surface area contributed by atoms with E-state index in [9.17, 15) is 4.79 Å². The number of amides is 1. The molecule has 0 bridgehead atoms. The minimum atomic E-state index is -0.487. The molecule has 2 N–H and O–H groups in total. The zero-order valence-electron chi connectivity index (χ0n) is 6.13. The van der Waals surface area contributed by atoms with Crippen molar-refractivity contribution in [3.8, 4) is 0 Å². The first kappa shape index (κ1) is 7.59. The smallest absolute Gasteiger partial charge is 0.394 e. The molecule has 0 aliphatic carbocycles. The molecule has 0 aromatic carbocycles. The molecule has 1 rings (SSSR count). The van der Waals surface area contributed by atoms with Gasteiger partial charge in [0.25, 0.3) is 0 Å². The van der Waals surface area contributed by atoms with Crippen LogP contribution in [0.4, 0.5) is 4.79 Å². The molecule has 0 unspecified atom stereocenters. The van der Waals surface area contributed by atoms with Crippen LogP contribution >= 0.6 is 0 Å². The fourth-order valence-corrected chi connectivity index (χ4v) is 0.579. The number of ether oxygens (including phenoxy) is 1. The summed E-state index contributed by atoms with van der Waals surface area (Å²) < 4.78 is 4.75. The van der Waals surface area contributed by atoms with Crippen molar-refractivity contribution in [1.82, 2.24) is 10.6 Å². The third kappa shape index (κ3) is 2.29. The molecule has 0 saturated carbocycles. The topological polar surface area (TPSA) is 62.7 Å². The monoisotopic (exact) mass is 155 g/mol. The second-order valence-corrected chi connectivity index (χ2v) is 1.85. The summed E-state index contributed by atoms with van der Waals surface area (Å²) in [4.78, 5) is 14.5. The summed E-state index contributed by atoms with van der Waals surface area (Å²) >= 11 is 0. The van der Waals surface area contributed by atoms with Gasteiger partial charge in [0.1, 0.15) is 0 Å². The summed E-state index contributed by atoms with van der Waals surface area (Å²) in [6, 6.07) is 0. The first-order chi connectivity index (χ1) is 5.33. The Kier molecular flexibility index (Phi) is 2.48. The van der Waals surface area contributed by atoms with Gasteiger partial charge in [-0.1, -0.05) is 0 Å². The molecule has 11 heavy (non-hydrogen) atoms. The highest BCUT2D eigenvalue weighted by Gasteiger charge is 2.03. The van der Waals surface area contributed by atoms with Gasteiger partial charge in [-0.15, -0.1) is 0 Å². The maximum atomic E-state index is 10.6. The van der Waals surface area contributed by atoms with E-state index in [2.05, 4.69) is 15.6 Å². The van der Waals surface area contributed by atoms with E-state index in [1.165, 1.54) is 13.4 Å². The number of aliphatic imine (C=N–C) groups is 1. The zero-order chi connectivity index (χ0) is 8.10. The predicted octanol–water partition coefficient (Wildman–Crippen LogP) is -0.185. The molecular formula is C6H9N3O2. The molecule has 0 radical (unpaired) electrons. The van der Waals surface area contributed by atoms with Crippen molar-refractivity contribution >= 4 is 12.4 Å². The average Bonchev–Trinajstić information content (AvgIpc) is 2.06. The maximum Gasteiger partial charge on any atom is 0.413 e. The van der Waals surface area contributed by atoms with Crippen molar-refractivity contribution in [2.75, 3.05) is 13.6 Å². The van der Waals surface area contributed by atoms with E-state index < -0.39 is 6.09 Å². The van der Waals surface area contributed by atoms with Crippen LogP contribution in [-0.2, 0) is 4.74 Å². The minimum Gasteiger partial charge on any atom is -0.394 e. The fourth-order valence-electron chi connectivity index (χ4n) is 0.579. The molecule has 5 nitrogen and oxygen atoms in total. The lowest BCUT2D eigenvalue weighted by atomic mass is 10.5. The molecule has 1 aliphatic rings. The second kappa shape index (κ2) is 3.60. The Morgan fingerprint density at radius 1 is 1.91 bits per heavy atom. The third-order valence-corrected chi connectivity index (χ3v) is 1.09. The average molecular weight is 155 g/mol. The first-order valence-electron chi connectivity index (χ1n) is 3.17. The molecule has 0 aromatic rings. The number of rotatable bonds is 1. The molecule has 0 atom stereocenters. The molecule has 1 heterocycles. The minimum absolute atomic E-state index is 0.416. The van der Waals surface area contributed by atoms with E-state index in [1.54, 1.807) is 6.08 Å². The highest BCUT2D eigenvalue weighted by atomic mass is 16.6. The van der Waals surface area contributed by atoms with Crippen molar-refractivity contribution in [2.24, 2.45) is 4.99 Å². The van der Waals surface area contributed by atoms with Crippen LogP contribution in [0, 0.1) is 0 Å². The molecule has 1 aliphatic heterocycles. The molecule has 60 valence electrons. The lowest BCUT2D eigenvalue weighted by Crippen LogP contribution is -2.25. The highest BCUT2D eigenvalue weighted by molar-refractivity contribution is 5.69. The Hall–Kier alpha value is -1.52. The summed E-state index contributed by atoms with van der Waals surface area (Å²) in [6.07, 6.45) is 2.67. The Morgan fingerprint density at radius 2 is 2.73 bits per heavy atom. The highest BCUT2D eigenvalue weighted by Crippen LogP contribution is 1.95. The molecule has 0 spiro atoms. The standard InChI is InChI=1S/C6H9N3O2/c1-7-6(10)11-5-2-3-8-4-9-5/h2,4H,3H2,1H3,(H,7,10)(H,8,9). The van der Waals surface area contributed by atoms with Crippen LogP contribution < -0.4 is 10.6 Å². The van der Waals surface area contributed by atoms with Gasteiger partial charge >= 0.3 is 6.09 Å². The summed E-state index contributed by atoms with van der Waals surface area (Å²) in [6.45, 7) is 0.541. The number of nitrogens with one attached hydrogen (secondary N) is 2. The summed E-state index contributed by atoms with van der Waals surface area (Å²) in [5.41, 5.74) is 0. The molecular weight excluding hydrogens is 146 g/mol. The Labute approximate surface area is 64.1 Å². The van der Waals surface area contributed by atoms with Crippen LogP contribution in [0.1, 0.15) is 0 Å². The van der Waals surface area contributed by atoms with Gasteiger partial charge in [-0.2, -0.15) is 0 Å². The SMILES string of the molecule is CNC(=O)OC1=CCN=CN1. The maximum absolute atomic E-state index is 10.6. The van der Waals surface area contributed by atoms with Gasteiger partial charge in [-0.25, -0.2) is 4.79 Å². The molecule has 1 amide bonds. The number of carbonyl (C=O) groups is 1. The number of alkyl carbamates (subject to hydrolysis) is 1. The van der Waals surface area contributed by atoms with Crippen LogP contribution in [-0.4, -0.2) is 26.0 Å². The van der Waals surface area contributed by atoms with Gasteiger partial charge in [-0.3, -0.25) is 4.99 Å². The van der Waals surface area contributed by atoms with Crippen LogP contribution in [0.15, 0.2) is 17.0 Å². The lowest BCUT2D eigenvalue weighted by Gasteiger charge is -2.09. The Balaban J connectivity index is 2.37. The second-order valence-electron chi connectivity index (χ2n) is 1.85. The van der Waals surface area contributed by atoms with Gasteiger partial charge < -0.3 is 15.4 Å². The molecule has 0 fully saturated rings. The Bertz CT molecular complexity index is 210. The number of hydrogen-bond acceptors (Lipinski definition) is 4. The predicted molar refractivity (Wildman–Crippen MR) is 40.1 cm³/mol. The van der Waals surface area contributed by atoms with Crippen LogP contribution in [0.3, 0.4) is 0 Å². The van der Waals surface area contributed by atoms with Crippen molar-refractivity contribution in [1.29, 1.82) is 0 Å². The van der Waals surface area contributed by atoms with Crippen molar-refractivity contribution < 1.29 is 9.53 Å². The number of nitrogens with zero attached hydrogens (tertiary/aromatic N) is 1. The van der Waals surface area contributed by atoms with Gasteiger partial charge in [0.2, 0.25) is 5.88 Å². The van der Waals surface area contributed by atoms with Crippen LogP contribution in [0.2, 0.25) is 0 Å². The molecule has 0 aromatic heterocycles. The van der Waals surface area contributed by atoms with Gasteiger partial charge in [-0.05, 0) is 6.08 Å². The largest absolute Gasteiger partial charge is 0.413 e. The zero-order valence-corrected chi connectivity index (χ0v) is 6.13.